The molecule has 1 aliphatic rings. The van der Waals surface area contributed by atoms with Gasteiger partial charge in [0, 0.05) is 24.3 Å². The highest BCUT2D eigenvalue weighted by Crippen LogP contribution is 2.25. The summed E-state index contributed by atoms with van der Waals surface area (Å²) in [7, 11) is 0. The second kappa shape index (κ2) is 4.97. The molecule has 2 rings (SSSR count). The zero-order chi connectivity index (χ0) is 10.7. The van der Waals surface area contributed by atoms with Crippen molar-refractivity contribution in [2.75, 3.05) is 13.2 Å². The van der Waals surface area contributed by atoms with Crippen LogP contribution in [0, 0.1) is 5.92 Å². The number of ether oxygens (including phenoxy) is 1. The molecule has 0 saturated carbocycles. The van der Waals surface area contributed by atoms with E-state index in [-0.39, 0.29) is 6.04 Å². The van der Waals surface area contributed by atoms with Gasteiger partial charge in [0.25, 0.3) is 0 Å². The van der Waals surface area contributed by atoms with E-state index in [0.29, 0.717) is 5.92 Å². The van der Waals surface area contributed by atoms with Crippen LogP contribution in [0.4, 0.5) is 0 Å². The molecule has 0 aromatic heterocycles. The highest BCUT2D eigenvalue weighted by Gasteiger charge is 2.19. The third-order valence-electron chi connectivity index (χ3n) is 2.89. The molecule has 1 heterocycles. The van der Waals surface area contributed by atoms with Crippen LogP contribution in [0.1, 0.15) is 24.4 Å². The van der Waals surface area contributed by atoms with Gasteiger partial charge in [0.05, 0.1) is 0 Å². The van der Waals surface area contributed by atoms with Crippen molar-refractivity contribution in [3.05, 3.63) is 34.9 Å². The van der Waals surface area contributed by atoms with Gasteiger partial charge >= 0.3 is 0 Å². The Morgan fingerprint density at radius 2 is 2.40 bits per heavy atom. The zero-order valence-electron chi connectivity index (χ0n) is 8.66. The summed E-state index contributed by atoms with van der Waals surface area (Å²) in [4.78, 5) is 0. The first-order valence-electron chi connectivity index (χ1n) is 5.34. The lowest BCUT2D eigenvalue weighted by molar-refractivity contribution is 0.182. The third-order valence-corrected chi connectivity index (χ3v) is 3.12. The van der Waals surface area contributed by atoms with Crippen molar-refractivity contribution >= 4 is 11.6 Å². The third kappa shape index (κ3) is 2.94. The summed E-state index contributed by atoms with van der Waals surface area (Å²) in [6, 6.07) is 7.88. The maximum absolute atomic E-state index is 6.13. The second-order valence-corrected chi connectivity index (χ2v) is 4.56. The van der Waals surface area contributed by atoms with E-state index in [2.05, 4.69) is 0 Å². The summed E-state index contributed by atoms with van der Waals surface area (Å²) in [5.74, 6) is 0.610. The SMILES string of the molecule is NC(CC1CCOC1)c1cccc(Cl)c1. The van der Waals surface area contributed by atoms with Crippen LogP contribution in [0.3, 0.4) is 0 Å². The molecule has 1 aliphatic heterocycles. The standard InChI is InChI=1S/C12H16ClNO/c13-11-3-1-2-10(7-11)12(14)6-9-4-5-15-8-9/h1-3,7,9,12H,4-6,8,14H2. The summed E-state index contributed by atoms with van der Waals surface area (Å²) >= 11 is 5.93. The topological polar surface area (TPSA) is 35.2 Å². The summed E-state index contributed by atoms with van der Waals surface area (Å²) in [5, 5.41) is 0.755. The van der Waals surface area contributed by atoms with Crippen LogP contribution in [-0.4, -0.2) is 13.2 Å². The van der Waals surface area contributed by atoms with E-state index in [9.17, 15) is 0 Å². The fourth-order valence-electron chi connectivity index (χ4n) is 2.00. The van der Waals surface area contributed by atoms with Gasteiger partial charge in [-0.15, -0.1) is 0 Å². The largest absolute Gasteiger partial charge is 0.381 e. The summed E-state index contributed by atoms with van der Waals surface area (Å²) in [5.41, 5.74) is 7.25. The predicted molar refractivity (Wildman–Crippen MR) is 61.9 cm³/mol. The molecule has 15 heavy (non-hydrogen) atoms. The monoisotopic (exact) mass is 225 g/mol. The fraction of sp³-hybridized carbons (Fsp3) is 0.500. The molecule has 2 atom stereocenters. The number of nitrogens with two attached hydrogens (primary N) is 1. The normalized spacial score (nSPS) is 22.9. The van der Waals surface area contributed by atoms with E-state index in [1.807, 2.05) is 24.3 Å². The van der Waals surface area contributed by atoms with Crippen molar-refractivity contribution < 1.29 is 4.74 Å². The maximum Gasteiger partial charge on any atom is 0.0495 e. The Morgan fingerprint density at radius 3 is 3.07 bits per heavy atom. The van der Waals surface area contributed by atoms with Gasteiger partial charge in [-0.1, -0.05) is 23.7 Å². The average Bonchev–Trinajstić information content (AvgIpc) is 2.70. The minimum atomic E-state index is 0.0791. The van der Waals surface area contributed by atoms with Crippen LogP contribution in [-0.2, 0) is 4.74 Å². The molecule has 1 aromatic rings. The Balaban J connectivity index is 1.97. The molecule has 3 heteroatoms. The minimum Gasteiger partial charge on any atom is -0.381 e. The lowest BCUT2D eigenvalue weighted by atomic mass is 9.95. The number of benzene rings is 1. The Bertz CT molecular complexity index is 323. The first-order valence-corrected chi connectivity index (χ1v) is 5.72. The van der Waals surface area contributed by atoms with Crippen molar-refractivity contribution in [1.82, 2.24) is 0 Å². The quantitative estimate of drug-likeness (QED) is 0.859. The Morgan fingerprint density at radius 1 is 1.53 bits per heavy atom. The van der Waals surface area contributed by atoms with Crippen molar-refractivity contribution in [2.45, 2.75) is 18.9 Å². The average molecular weight is 226 g/mol. The molecule has 0 bridgehead atoms. The van der Waals surface area contributed by atoms with Gasteiger partial charge < -0.3 is 10.5 Å². The summed E-state index contributed by atoms with van der Waals surface area (Å²) < 4.78 is 5.34. The van der Waals surface area contributed by atoms with Gasteiger partial charge in [-0.25, -0.2) is 0 Å². The van der Waals surface area contributed by atoms with Crippen LogP contribution in [0.25, 0.3) is 0 Å². The van der Waals surface area contributed by atoms with E-state index in [0.717, 1.165) is 36.6 Å². The van der Waals surface area contributed by atoms with Gasteiger partial charge in [-0.2, -0.15) is 0 Å². The smallest absolute Gasteiger partial charge is 0.0495 e. The molecular formula is C12H16ClNO. The van der Waals surface area contributed by atoms with Gasteiger partial charge in [-0.05, 0) is 36.5 Å². The number of hydrogen-bond donors (Lipinski definition) is 1. The van der Waals surface area contributed by atoms with Crippen molar-refractivity contribution in [1.29, 1.82) is 0 Å². The lowest BCUT2D eigenvalue weighted by Crippen LogP contribution is -2.15. The van der Waals surface area contributed by atoms with Crippen molar-refractivity contribution in [3.8, 4) is 0 Å². The first-order chi connectivity index (χ1) is 7.25. The highest BCUT2D eigenvalue weighted by atomic mass is 35.5. The second-order valence-electron chi connectivity index (χ2n) is 4.13. The molecule has 0 spiro atoms. The Hall–Kier alpha value is -0.570. The van der Waals surface area contributed by atoms with Crippen molar-refractivity contribution in [3.63, 3.8) is 0 Å². The molecule has 0 amide bonds. The maximum atomic E-state index is 6.13. The van der Waals surface area contributed by atoms with Gasteiger partial charge in [-0.3, -0.25) is 0 Å². The highest BCUT2D eigenvalue weighted by molar-refractivity contribution is 6.30. The fourth-order valence-corrected chi connectivity index (χ4v) is 2.20. The van der Waals surface area contributed by atoms with Crippen LogP contribution in [0.5, 0.6) is 0 Å². The van der Waals surface area contributed by atoms with E-state index in [1.165, 1.54) is 0 Å². The van der Waals surface area contributed by atoms with E-state index in [4.69, 9.17) is 22.1 Å². The minimum absolute atomic E-state index is 0.0791. The van der Waals surface area contributed by atoms with Gasteiger partial charge in [0.1, 0.15) is 0 Å². The molecule has 2 N–H and O–H groups in total. The zero-order valence-corrected chi connectivity index (χ0v) is 9.41. The van der Waals surface area contributed by atoms with E-state index < -0.39 is 0 Å². The van der Waals surface area contributed by atoms with E-state index in [1.54, 1.807) is 0 Å². The van der Waals surface area contributed by atoms with Gasteiger partial charge in [0.2, 0.25) is 0 Å². The van der Waals surface area contributed by atoms with Crippen LogP contribution in [0.15, 0.2) is 24.3 Å². The molecule has 1 fully saturated rings. The Kier molecular flexibility index (Phi) is 3.62. The molecular weight excluding hydrogens is 210 g/mol. The molecule has 82 valence electrons. The van der Waals surface area contributed by atoms with Crippen LogP contribution < -0.4 is 5.73 Å². The van der Waals surface area contributed by atoms with Crippen LogP contribution in [0.2, 0.25) is 5.02 Å². The molecule has 2 unspecified atom stereocenters. The lowest BCUT2D eigenvalue weighted by Gasteiger charge is -2.15. The number of hydrogen-bond acceptors (Lipinski definition) is 2. The molecule has 0 radical (unpaired) electrons. The molecule has 2 nitrogen and oxygen atoms in total. The predicted octanol–water partition coefficient (Wildman–Crippen LogP) is 2.77. The molecule has 0 aliphatic carbocycles. The first kappa shape index (κ1) is 10.9. The van der Waals surface area contributed by atoms with Crippen molar-refractivity contribution in [2.24, 2.45) is 11.7 Å². The van der Waals surface area contributed by atoms with Gasteiger partial charge in [0.15, 0.2) is 0 Å². The van der Waals surface area contributed by atoms with Crippen LogP contribution >= 0.6 is 11.6 Å². The molecule has 1 saturated heterocycles. The summed E-state index contributed by atoms with van der Waals surface area (Å²) in [6.45, 7) is 1.74. The molecule has 1 aromatic carbocycles. The van der Waals surface area contributed by atoms with E-state index >= 15 is 0 Å². The summed E-state index contributed by atoms with van der Waals surface area (Å²) in [6.07, 6.45) is 2.12. The number of rotatable bonds is 3. The Labute approximate surface area is 95.4 Å². The number of halogens is 1.